The minimum atomic E-state index is 0. The van der Waals surface area contributed by atoms with Crippen LogP contribution >= 0.6 is 24.0 Å². The molecule has 1 aliphatic carbocycles. The van der Waals surface area contributed by atoms with E-state index in [9.17, 15) is 0 Å². The minimum Gasteiger partial charge on any atom is -0.355 e. The highest BCUT2D eigenvalue weighted by atomic mass is 127. The Morgan fingerprint density at radius 2 is 1.81 bits per heavy atom. The van der Waals surface area contributed by atoms with Crippen molar-refractivity contribution < 1.29 is 0 Å². The van der Waals surface area contributed by atoms with Crippen LogP contribution in [0.15, 0.2) is 23.5 Å². The Balaban J connectivity index is 0.00000261. The predicted octanol–water partition coefficient (Wildman–Crippen LogP) is 2.06. The van der Waals surface area contributed by atoms with Gasteiger partial charge in [0.15, 0.2) is 5.96 Å². The highest BCUT2D eigenvalue weighted by Crippen LogP contribution is 2.21. The second-order valence-corrected chi connectivity index (χ2v) is 7.27. The van der Waals surface area contributed by atoms with E-state index in [-0.39, 0.29) is 24.0 Å². The summed E-state index contributed by atoms with van der Waals surface area (Å²) in [6, 6.07) is 2.62. The zero-order valence-electron chi connectivity index (χ0n) is 16.7. The molecule has 1 aromatic heterocycles. The third-order valence-electron chi connectivity index (χ3n) is 5.57. The van der Waals surface area contributed by atoms with Crippen LogP contribution in [0.25, 0.3) is 0 Å². The normalized spacial score (nSPS) is 19.1. The number of hydrogen-bond acceptors (Lipinski definition) is 5. The zero-order chi connectivity index (χ0) is 18.2. The van der Waals surface area contributed by atoms with Gasteiger partial charge in [0.2, 0.25) is 5.95 Å². The lowest BCUT2D eigenvalue weighted by molar-refractivity contribution is 0.194. The van der Waals surface area contributed by atoms with Gasteiger partial charge in [-0.15, -0.1) is 24.0 Å². The Morgan fingerprint density at radius 1 is 1.15 bits per heavy atom. The lowest BCUT2D eigenvalue weighted by atomic mass is 9.94. The Labute approximate surface area is 180 Å². The molecule has 0 spiro atoms. The van der Waals surface area contributed by atoms with Crippen molar-refractivity contribution in [2.45, 2.75) is 38.1 Å². The first-order valence-electron chi connectivity index (χ1n) is 9.95. The van der Waals surface area contributed by atoms with Crippen LogP contribution in [0, 0.1) is 0 Å². The molecule has 1 aliphatic heterocycles. The molecule has 27 heavy (non-hydrogen) atoms. The third-order valence-corrected chi connectivity index (χ3v) is 5.57. The first-order valence-corrected chi connectivity index (χ1v) is 9.95. The number of aliphatic imine (C=N–C) groups is 1. The molecule has 8 heteroatoms. The van der Waals surface area contributed by atoms with E-state index in [4.69, 9.17) is 0 Å². The van der Waals surface area contributed by atoms with Crippen LogP contribution in [0.2, 0.25) is 0 Å². The quantitative estimate of drug-likeness (QED) is 0.390. The molecule has 0 radical (unpaired) electrons. The van der Waals surface area contributed by atoms with Crippen LogP contribution in [-0.4, -0.2) is 85.1 Å². The number of guanidine groups is 1. The van der Waals surface area contributed by atoms with Crippen molar-refractivity contribution in [1.82, 2.24) is 25.1 Å². The van der Waals surface area contributed by atoms with Gasteiger partial charge in [0, 0.05) is 64.8 Å². The van der Waals surface area contributed by atoms with E-state index in [2.05, 4.69) is 42.0 Å². The Kier molecular flexibility index (Phi) is 9.53. The molecule has 1 saturated carbocycles. The van der Waals surface area contributed by atoms with E-state index >= 15 is 0 Å². The molecule has 2 fully saturated rings. The number of piperazine rings is 1. The molecule has 3 rings (SSSR count). The largest absolute Gasteiger partial charge is 0.355 e. The number of nitrogens with one attached hydrogen (secondary N) is 1. The number of nitrogens with zero attached hydrogens (tertiary/aromatic N) is 6. The van der Waals surface area contributed by atoms with Gasteiger partial charge in [-0.3, -0.25) is 4.99 Å². The lowest BCUT2D eigenvalue weighted by Crippen LogP contribution is -2.53. The van der Waals surface area contributed by atoms with E-state index in [1.54, 1.807) is 12.4 Å². The van der Waals surface area contributed by atoms with Crippen LogP contribution < -0.4 is 10.2 Å². The van der Waals surface area contributed by atoms with Gasteiger partial charge in [-0.2, -0.15) is 0 Å². The van der Waals surface area contributed by atoms with Crippen LogP contribution in [0.1, 0.15) is 32.1 Å². The van der Waals surface area contributed by atoms with Crippen molar-refractivity contribution in [2.75, 3.05) is 58.3 Å². The number of anilines is 1. The summed E-state index contributed by atoms with van der Waals surface area (Å²) in [5, 5.41) is 3.55. The standard InChI is InChI=1S/C19H33N7.HI/c1-20-18(23-11-12-24(2)17-7-4-3-5-8-17)25-13-15-26(16-14-25)19-21-9-6-10-22-19;/h6,9-10,17H,3-5,7-8,11-16H2,1-2H3,(H,20,23);1H. The first-order chi connectivity index (χ1) is 12.8. The molecule has 0 amide bonds. The van der Waals surface area contributed by atoms with Gasteiger partial charge in [0.05, 0.1) is 0 Å². The molecule has 0 bridgehead atoms. The second kappa shape index (κ2) is 11.6. The van der Waals surface area contributed by atoms with Gasteiger partial charge in [0.25, 0.3) is 0 Å². The average Bonchev–Trinajstić information content (AvgIpc) is 2.72. The van der Waals surface area contributed by atoms with Crippen molar-refractivity contribution in [3.63, 3.8) is 0 Å². The molecule has 1 N–H and O–H groups in total. The molecule has 2 aliphatic rings. The smallest absolute Gasteiger partial charge is 0.225 e. The summed E-state index contributed by atoms with van der Waals surface area (Å²) in [7, 11) is 4.14. The highest BCUT2D eigenvalue weighted by molar-refractivity contribution is 14.0. The van der Waals surface area contributed by atoms with Crippen molar-refractivity contribution in [2.24, 2.45) is 4.99 Å². The maximum Gasteiger partial charge on any atom is 0.225 e. The zero-order valence-corrected chi connectivity index (χ0v) is 19.0. The number of likely N-dealkylation sites (N-methyl/N-ethyl adjacent to an activating group) is 1. The molecule has 0 unspecified atom stereocenters. The monoisotopic (exact) mass is 487 g/mol. The fourth-order valence-electron chi connectivity index (χ4n) is 3.95. The molecular weight excluding hydrogens is 453 g/mol. The van der Waals surface area contributed by atoms with Crippen LogP contribution in [-0.2, 0) is 0 Å². The van der Waals surface area contributed by atoms with Gasteiger partial charge in [0.1, 0.15) is 0 Å². The molecule has 2 heterocycles. The summed E-state index contributed by atoms with van der Waals surface area (Å²) in [6.45, 7) is 5.75. The van der Waals surface area contributed by atoms with Crippen molar-refractivity contribution in [3.05, 3.63) is 18.5 Å². The predicted molar refractivity (Wildman–Crippen MR) is 122 cm³/mol. The Hall–Kier alpha value is -1.16. The summed E-state index contributed by atoms with van der Waals surface area (Å²) in [4.78, 5) is 20.3. The van der Waals surface area contributed by atoms with Crippen molar-refractivity contribution in [1.29, 1.82) is 0 Å². The van der Waals surface area contributed by atoms with Crippen molar-refractivity contribution >= 4 is 35.9 Å². The average molecular weight is 487 g/mol. The molecule has 1 saturated heterocycles. The van der Waals surface area contributed by atoms with E-state index in [0.29, 0.717) is 0 Å². The van der Waals surface area contributed by atoms with Crippen LogP contribution in [0.5, 0.6) is 0 Å². The summed E-state index contributed by atoms with van der Waals surface area (Å²) < 4.78 is 0. The van der Waals surface area contributed by atoms with E-state index in [1.165, 1.54) is 32.1 Å². The fourth-order valence-corrected chi connectivity index (χ4v) is 3.95. The summed E-state index contributed by atoms with van der Waals surface area (Å²) in [5.41, 5.74) is 0. The van der Waals surface area contributed by atoms with Gasteiger partial charge < -0.3 is 20.0 Å². The summed E-state index contributed by atoms with van der Waals surface area (Å²) in [6.07, 6.45) is 10.5. The van der Waals surface area contributed by atoms with E-state index in [0.717, 1.165) is 57.2 Å². The first kappa shape index (κ1) is 22.1. The van der Waals surface area contributed by atoms with Gasteiger partial charge in [-0.1, -0.05) is 19.3 Å². The van der Waals surface area contributed by atoms with Crippen LogP contribution in [0.3, 0.4) is 0 Å². The van der Waals surface area contributed by atoms with Gasteiger partial charge in [-0.25, -0.2) is 9.97 Å². The molecule has 1 aromatic rings. The van der Waals surface area contributed by atoms with Crippen LogP contribution in [0.4, 0.5) is 5.95 Å². The third kappa shape index (κ3) is 6.44. The second-order valence-electron chi connectivity index (χ2n) is 7.27. The fraction of sp³-hybridized carbons (Fsp3) is 0.737. The molecule has 152 valence electrons. The maximum absolute atomic E-state index is 4.48. The topological polar surface area (TPSA) is 59.9 Å². The molecule has 0 atom stereocenters. The summed E-state index contributed by atoms with van der Waals surface area (Å²) in [5.74, 6) is 1.83. The minimum absolute atomic E-state index is 0. The Morgan fingerprint density at radius 3 is 2.44 bits per heavy atom. The number of rotatable bonds is 5. The van der Waals surface area contributed by atoms with E-state index in [1.807, 2.05) is 13.1 Å². The van der Waals surface area contributed by atoms with Gasteiger partial charge >= 0.3 is 0 Å². The number of hydrogen-bond donors (Lipinski definition) is 1. The highest BCUT2D eigenvalue weighted by Gasteiger charge is 2.21. The van der Waals surface area contributed by atoms with Gasteiger partial charge in [-0.05, 0) is 26.0 Å². The van der Waals surface area contributed by atoms with E-state index < -0.39 is 0 Å². The molecular formula is C19H34IN7. The van der Waals surface area contributed by atoms with Crippen molar-refractivity contribution in [3.8, 4) is 0 Å². The maximum atomic E-state index is 4.48. The number of halogens is 1. The molecule has 7 nitrogen and oxygen atoms in total. The number of aromatic nitrogens is 2. The molecule has 0 aromatic carbocycles. The lowest BCUT2D eigenvalue weighted by Gasteiger charge is -2.37. The Bertz CT molecular complexity index is 554. The summed E-state index contributed by atoms with van der Waals surface area (Å²) >= 11 is 0. The SMILES string of the molecule is CN=C(NCCN(C)C1CCCCC1)N1CCN(c2ncccn2)CC1.I.